The third-order valence-electron chi connectivity index (χ3n) is 3.84. The molecule has 1 aromatic carbocycles. The lowest BCUT2D eigenvalue weighted by Crippen LogP contribution is -2.39. The van der Waals surface area contributed by atoms with Gasteiger partial charge in [-0.25, -0.2) is 0 Å². The van der Waals surface area contributed by atoms with Crippen molar-refractivity contribution in [1.29, 1.82) is 0 Å². The van der Waals surface area contributed by atoms with Crippen molar-refractivity contribution in [3.63, 3.8) is 0 Å². The van der Waals surface area contributed by atoms with E-state index < -0.39 is 18.1 Å². The number of aromatic amines is 1. The van der Waals surface area contributed by atoms with Crippen LogP contribution in [0, 0.1) is 0 Å². The Balaban J connectivity index is 1.61. The Kier molecular flexibility index (Phi) is 4.25. The molecule has 0 saturated carbocycles. The Morgan fingerprint density at radius 2 is 1.96 bits per heavy atom. The van der Waals surface area contributed by atoms with E-state index in [0.29, 0.717) is 10.7 Å². The third kappa shape index (κ3) is 3.31. The molecule has 0 aliphatic carbocycles. The summed E-state index contributed by atoms with van der Waals surface area (Å²) in [5, 5.41) is 22.8. The number of halogens is 1. The number of rotatable bonds is 3. The molecule has 1 aromatic heterocycles. The zero-order chi connectivity index (χ0) is 16.6. The molecule has 1 saturated heterocycles. The van der Waals surface area contributed by atoms with Crippen molar-refractivity contribution in [1.82, 2.24) is 15.2 Å². The van der Waals surface area contributed by atoms with Crippen LogP contribution >= 0.6 is 11.6 Å². The Morgan fingerprint density at radius 1 is 1.26 bits per heavy atom. The zero-order valence-corrected chi connectivity index (χ0v) is 12.9. The zero-order valence-electron chi connectivity index (χ0n) is 12.1. The average Bonchev–Trinajstić information content (AvgIpc) is 3.08. The van der Waals surface area contributed by atoms with Gasteiger partial charge in [0.1, 0.15) is 5.69 Å². The number of nitrogens with zero attached hydrogens (tertiary/aromatic N) is 1. The van der Waals surface area contributed by atoms with Gasteiger partial charge in [-0.05, 0) is 24.3 Å². The van der Waals surface area contributed by atoms with Crippen molar-refractivity contribution in [2.45, 2.75) is 12.2 Å². The molecule has 8 heteroatoms. The maximum atomic E-state index is 12.1. The molecule has 2 aromatic rings. The van der Waals surface area contributed by atoms with Gasteiger partial charge in [0.2, 0.25) is 5.91 Å². The summed E-state index contributed by atoms with van der Waals surface area (Å²) in [5.74, 6) is -0.765. The molecule has 0 spiro atoms. The van der Waals surface area contributed by atoms with Gasteiger partial charge in [-0.1, -0.05) is 11.6 Å². The number of benzene rings is 1. The smallest absolute Gasteiger partial charge is 0.268 e. The maximum absolute atomic E-state index is 12.1. The van der Waals surface area contributed by atoms with E-state index in [1.165, 1.54) is 4.90 Å². The van der Waals surface area contributed by atoms with Gasteiger partial charge in [0, 0.05) is 29.0 Å². The van der Waals surface area contributed by atoms with Crippen LogP contribution < -0.4 is 5.32 Å². The van der Waals surface area contributed by atoms with Gasteiger partial charge in [0.25, 0.3) is 5.91 Å². The van der Waals surface area contributed by atoms with Crippen LogP contribution in [-0.2, 0) is 4.79 Å². The minimum absolute atomic E-state index is 0.0702. The number of likely N-dealkylation sites (tertiary alicyclic amines) is 1. The highest BCUT2D eigenvalue weighted by Gasteiger charge is 2.32. The molecule has 1 aliphatic rings. The summed E-state index contributed by atoms with van der Waals surface area (Å²) < 4.78 is 0. The lowest BCUT2D eigenvalue weighted by atomic mass is 10.2. The molecule has 0 radical (unpaired) electrons. The number of carbonyl (C=O) groups excluding carboxylic acids is 2. The number of fused-ring (bicyclic) bond motifs is 1. The minimum Gasteiger partial charge on any atom is -0.388 e. The highest BCUT2D eigenvalue weighted by Crippen LogP contribution is 2.20. The third-order valence-corrected chi connectivity index (χ3v) is 4.07. The molecular formula is C15H16ClN3O4. The van der Waals surface area contributed by atoms with Crippen molar-refractivity contribution >= 4 is 34.3 Å². The van der Waals surface area contributed by atoms with E-state index in [1.807, 2.05) is 0 Å². The van der Waals surface area contributed by atoms with Gasteiger partial charge >= 0.3 is 0 Å². The number of nitrogens with one attached hydrogen (secondary N) is 2. The second-order valence-corrected chi connectivity index (χ2v) is 5.97. The van der Waals surface area contributed by atoms with E-state index in [-0.39, 0.29) is 25.5 Å². The molecule has 0 bridgehead atoms. The molecule has 2 unspecified atom stereocenters. The summed E-state index contributed by atoms with van der Waals surface area (Å²) in [4.78, 5) is 28.3. The van der Waals surface area contributed by atoms with Crippen LogP contribution in [0.4, 0.5) is 0 Å². The van der Waals surface area contributed by atoms with Crippen molar-refractivity contribution in [3.05, 3.63) is 35.0 Å². The number of carbonyl (C=O) groups is 2. The minimum atomic E-state index is -0.937. The Labute approximate surface area is 136 Å². The molecule has 4 N–H and O–H groups in total. The van der Waals surface area contributed by atoms with Gasteiger partial charge in [-0.15, -0.1) is 0 Å². The van der Waals surface area contributed by atoms with Gasteiger partial charge in [-0.2, -0.15) is 0 Å². The summed E-state index contributed by atoms with van der Waals surface area (Å²) in [6.07, 6.45) is -1.87. The van der Waals surface area contributed by atoms with Gasteiger partial charge in [-0.3, -0.25) is 9.59 Å². The van der Waals surface area contributed by atoms with E-state index >= 15 is 0 Å². The molecule has 7 nitrogen and oxygen atoms in total. The number of hydrogen-bond donors (Lipinski definition) is 4. The molecule has 23 heavy (non-hydrogen) atoms. The van der Waals surface area contributed by atoms with Crippen molar-refractivity contribution in [3.8, 4) is 0 Å². The standard InChI is InChI=1S/C15H16ClN3O4/c16-9-1-2-10-8(3-9)4-11(18-10)15(23)17-5-14(22)19-6-12(20)13(21)7-19/h1-4,12-13,18,20-21H,5-7H2,(H,17,23). The van der Waals surface area contributed by atoms with E-state index in [9.17, 15) is 19.8 Å². The average molecular weight is 338 g/mol. The molecule has 2 amide bonds. The van der Waals surface area contributed by atoms with Crippen molar-refractivity contribution < 1.29 is 19.8 Å². The fourth-order valence-electron chi connectivity index (χ4n) is 2.56. The van der Waals surface area contributed by atoms with E-state index in [4.69, 9.17) is 11.6 Å². The molecular weight excluding hydrogens is 322 g/mol. The summed E-state index contributed by atoms with van der Waals surface area (Å²) >= 11 is 5.90. The monoisotopic (exact) mass is 337 g/mol. The number of hydrogen-bond acceptors (Lipinski definition) is 4. The molecule has 3 rings (SSSR count). The van der Waals surface area contributed by atoms with Crippen LogP contribution in [0.2, 0.25) is 5.02 Å². The molecule has 122 valence electrons. The number of amides is 2. The van der Waals surface area contributed by atoms with E-state index in [0.717, 1.165) is 10.9 Å². The summed E-state index contributed by atoms with van der Waals surface area (Å²) in [5.41, 5.74) is 1.10. The normalized spacial score (nSPS) is 20.9. The SMILES string of the molecule is O=C(NCC(=O)N1CC(O)C(O)C1)c1cc2cc(Cl)ccc2[nH]1. The van der Waals surface area contributed by atoms with E-state index in [1.54, 1.807) is 24.3 Å². The van der Waals surface area contributed by atoms with Crippen LogP contribution in [0.5, 0.6) is 0 Å². The first-order valence-electron chi connectivity index (χ1n) is 7.14. The Hall–Kier alpha value is -2.09. The van der Waals surface area contributed by atoms with Crippen LogP contribution in [0.15, 0.2) is 24.3 Å². The summed E-state index contributed by atoms with van der Waals surface area (Å²) in [6, 6.07) is 6.88. The van der Waals surface area contributed by atoms with Crippen LogP contribution in [0.25, 0.3) is 10.9 Å². The van der Waals surface area contributed by atoms with E-state index in [2.05, 4.69) is 10.3 Å². The number of aromatic nitrogens is 1. The lowest BCUT2D eigenvalue weighted by Gasteiger charge is -2.15. The Bertz CT molecular complexity index is 750. The maximum Gasteiger partial charge on any atom is 0.268 e. The van der Waals surface area contributed by atoms with Gasteiger partial charge < -0.3 is 25.4 Å². The first-order valence-corrected chi connectivity index (χ1v) is 7.52. The van der Waals surface area contributed by atoms with Crippen molar-refractivity contribution in [2.75, 3.05) is 19.6 Å². The van der Waals surface area contributed by atoms with Gasteiger partial charge in [0.15, 0.2) is 0 Å². The second kappa shape index (κ2) is 6.19. The quantitative estimate of drug-likeness (QED) is 0.638. The topological polar surface area (TPSA) is 106 Å². The Morgan fingerprint density at radius 3 is 2.65 bits per heavy atom. The van der Waals surface area contributed by atoms with Crippen molar-refractivity contribution in [2.24, 2.45) is 0 Å². The molecule has 2 heterocycles. The van der Waals surface area contributed by atoms with Crippen LogP contribution in [0.3, 0.4) is 0 Å². The largest absolute Gasteiger partial charge is 0.388 e. The lowest BCUT2D eigenvalue weighted by molar-refractivity contribution is -0.129. The summed E-state index contributed by atoms with van der Waals surface area (Å²) in [7, 11) is 0. The fourth-order valence-corrected chi connectivity index (χ4v) is 2.74. The van der Waals surface area contributed by atoms with Gasteiger partial charge in [0.05, 0.1) is 18.8 Å². The van der Waals surface area contributed by atoms with Crippen LogP contribution in [0.1, 0.15) is 10.5 Å². The first-order chi connectivity index (χ1) is 10.9. The first kappa shape index (κ1) is 15.8. The molecule has 1 fully saturated rings. The number of aliphatic hydroxyl groups excluding tert-OH is 2. The fraction of sp³-hybridized carbons (Fsp3) is 0.333. The molecule has 1 aliphatic heterocycles. The number of H-pyrrole nitrogens is 1. The number of aliphatic hydroxyl groups is 2. The molecule has 2 atom stereocenters. The second-order valence-electron chi connectivity index (χ2n) is 5.53. The highest BCUT2D eigenvalue weighted by molar-refractivity contribution is 6.31. The number of β-amino-alcohol motifs (C(OH)–C–C–N with tert-alkyl or cyclic N) is 2. The summed E-state index contributed by atoms with van der Waals surface area (Å²) in [6.45, 7) is -0.0596. The highest BCUT2D eigenvalue weighted by atomic mass is 35.5. The predicted molar refractivity (Wildman–Crippen MR) is 84.2 cm³/mol. The predicted octanol–water partition coefficient (Wildman–Crippen LogP) is 0.115. The van der Waals surface area contributed by atoms with Crippen LogP contribution in [-0.4, -0.2) is 63.8 Å².